The highest BCUT2D eigenvalue weighted by Gasteiger charge is 2.17. The SMILES string of the molecule is CCn1cc(CN2CCCN(c3ccnc(N(C)C)n3)CC2)cn1. The van der Waals surface area contributed by atoms with E-state index in [0.29, 0.717) is 0 Å². The molecule has 7 heteroatoms. The zero-order chi connectivity index (χ0) is 16.9. The van der Waals surface area contributed by atoms with E-state index in [1.54, 1.807) is 0 Å². The van der Waals surface area contributed by atoms with Gasteiger partial charge >= 0.3 is 0 Å². The third-order valence-electron chi connectivity index (χ3n) is 4.36. The van der Waals surface area contributed by atoms with E-state index in [1.807, 2.05) is 42.1 Å². The van der Waals surface area contributed by atoms with Crippen LogP contribution in [0.25, 0.3) is 0 Å². The van der Waals surface area contributed by atoms with Crippen LogP contribution in [-0.2, 0) is 13.1 Å². The smallest absolute Gasteiger partial charge is 0.226 e. The summed E-state index contributed by atoms with van der Waals surface area (Å²) in [4.78, 5) is 15.8. The number of rotatable bonds is 5. The monoisotopic (exact) mass is 329 g/mol. The van der Waals surface area contributed by atoms with Crippen molar-refractivity contribution in [1.82, 2.24) is 24.6 Å². The molecule has 0 aromatic carbocycles. The van der Waals surface area contributed by atoms with Gasteiger partial charge in [-0.15, -0.1) is 0 Å². The maximum atomic E-state index is 4.67. The molecule has 2 aromatic heterocycles. The van der Waals surface area contributed by atoms with Gasteiger partial charge in [0.05, 0.1) is 6.20 Å². The molecule has 1 aliphatic rings. The van der Waals surface area contributed by atoms with Gasteiger partial charge in [0.1, 0.15) is 5.82 Å². The third kappa shape index (κ3) is 4.03. The molecule has 3 rings (SSSR count). The molecule has 0 atom stereocenters. The first-order valence-electron chi connectivity index (χ1n) is 8.64. The Labute approximate surface area is 143 Å². The van der Waals surface area contributed by atoms with Gasteiger partial charge in [0.15, 0.2) is 0 Å². The predicted molar refractivity (Wildman–Crippen MR) is 96.4 cm³/mol. The molecule has 24 heavy (non-hydrogen) atoms. The van der Waals surface area contributed by atoms with Gasteiger partial charge in [0.2, 0.25) is 5.95 Å². The summed E-state index contributed by atoms with van der Waals surface area (Å²) in [5.41, 5.74) is 1.29. The summed E-state index contributed by atoms with van der Waals surface area (Å²) in [6.07, 6.45) is 7.12. The van der Waals surface area contributed by atoms with E-state index in [0.717, 1.165) is 57.5 Å². The molecular weight excluding hydrogens is 302 g/mol. The Balaban J connectivity index is 1.61. The lowest BCUT2D eigenvalue weighted by atomic mass is 10.3. The largest absolute Gasteiger partial charge is 0.355 e. The zero-order valence-electron chi connectivity index (χ0n) is 14.9. The van der Waals surface area contributed by atoms with Gasteiger partial charge in [-0.25, -0.2) is 4.98 Å². The van der Waals surface area contributed by atoms with Gasteiger partial charge < -0.3 is 9.80 Å². The number of nitrogens with zero attached hydrogens (tertiary/aromatic N) is 7. The maximum absolute atomic E-state index is 4.67. The fourth-order valence-corrected chi connectivity index (χ4v) is 3.01. The maximum Gasteiger partial charge on any atom is 0.226 e. The van der Waals surface area contributed by atoms with E-state index in [1.165, 1.54) is 5.56 Å². The van der Waals surface area contributed by atoms with Crippen LogP contribution in [-0.4, -0.2) is 64.9 Å². The Kier molecular flexibility index (Phi) is 5.30. The van der Waals surface area contributed by atoms with Crippen molar-refractivity contribution < 1.29 is 0 Å². The molecule has 0 spiro atoms. The van der Waals surface area contributed by atoms with E-state index in [-0.39, 0.29) is 0 Å². The van der Waals surface area contributed by atoms with Crippen molar-refractivity contribution >= 4 is 11.8 Å². The van der Waals surface area contributed by atoms with E-state index in [9.17, 15) is 0 Å². The van der Waals surface area contributed by atoms with Gasteiger partial charge in [-0.05, 0) is 19.4 Å². The molecule has 7 nitrogen and oxygen atoms in total. The number of hydrogen-bond donors (Lipinski definition) is 0. The summed E-state index contributed by atoms with van der Waals surface area (Å²) in [5.74, 6) is 1.79. The molecular formula is C17H27N7. The number of aromatic nitrogens is 4. The van der Waals surface area contributed by atoms with Gasteiger partial charge in [-0.1, -0.05) is 0 Å². The second-order valence-electron chi connectivity index (χ2n) is 6.43. The van der Waals surface area contributed by atoms with Crippen LogP contribution in [0.3, 0.4) is 0 Å². The molecule has 130 valence electrons. The normalized spacial score (nSPS) is 16.2. The zero-order valence-corrected chi connectivity index (χ0v) is 14.9. The van der Waals surface area contributed by atoms with E-state index in [2.05, 4.69) is 38.0 Å². The average Bonchev–Trinajstić information content (AvgIpc) is 2.92. The van der Waals surface area contributed by atoms with Crippen molar-refractivity contribution in [3.63, 3.8) is 0 Å². The first-order valence-corrected chi connectivity index (χ1v) is 8.64. The van der Waals surface area contributed by atoms with Crippen LogP contribution in [0.4, 0.5) is 11.8 Å². The summed E-state index contributed by atoms with van der Waals surface area (Å²) in [6, 6.07) is 2.01. The van der Waals surface area contributed by atoms with Crippen LogP contribution >= 0.6 is 0 Å². The van der Waals surface area contributed by atoms with Gasteiger partial charge in [0, 0.05) is 71.3 Å². The topological polar surface area (TPSA) is 53.3 Å². The van der Waals surface area contributed by atoms with Gasteiger partial charge in [-0.3, -0.25) is 9.58 Å². The van der Waals surface area contributed by atoms with Crippen molar-refractivity contribution in [2.24, 2.45) is 0 Å². The minimum atomic E-state index is 0.764. The Bertz CT molecular complexity index is 652. The Morgan fingerprint density at radius 2 is 2.04 bits per heavy atom. The second-order valence-corrected chi connectivity index (χ2v) is 6.43. The van der Waals surface area contributed by atoms with Crippen molar-refractivity contribution in [3.8, 4) is 0 Å². The molecule has 3 heterocycles. The molecule has 1 saturated heterocycles. The van der Waals surface area contributed by atoms with Crippen LogP contribution in [0, 0.1) is 0 Å². The first-order chi connectivity index (χ1) is 11.7. The molecule has 2 aromatic rings. The lowest BCUT2D eigenvalue weighted by Gasteiger charge is -2.23. The highest BCUT2D eigenvalue weighted by Crippen LogP contribution is 2.17. The predicted octanol–water partition coefficient (Wildman–Crippen LogP) is 1.47. The van der Waals surface area contributed by atoms with Gasteiger partial charge in [-0.2, -0.15) is 10.1 Å². The molecule has 0 N–H and O–H groups in total. The number of anilines is 2. The van der Waals surface area contributed by atoms with Crippen molar-refractivity contribution in [2.75, 3.05) is 50.1 Å². The molecule has 0 unspecified atom stereocenters. The summed E-state index contributed by atoms with van der Waals surface area (Å²) < 4.78 is 1.99. The first kappa shape index (κ1) is 16.7. The molecule has 0 bridgehead atoms. The van der Waals surface area contributed by atoms with Crippen LogP contribution in [0.2, 0.25) is 0 Å². The van der Waals surface area contributed by atoms with E-state index < -0.39 is 0 Å². The van der Waals surface area contributed by atoms with Crippen molar-refractivity contribution in [2.45, 2.75) is 26.4 Å². The summed E-state index contributed by atoms with van der Waals surface area (Å²) >= 11 is 0. The van der Waals surface area contributed by atoms with Crippen LogP contribution in [0.15, 0.2) is 24.7 Å². The fourth-order valence-electron chi connectivity index (χ4n) is 3.01. The Morgan fingerprint density at radius 1 is 1.17 bits per heavy atom. The lowest BCUT2D eigenvalue weighted by Crippen LogP contribution is -2.31. The summed E-state index contributed by atoms with van der Waals surface area (Å²) in [7, 11) is 3.94. The molecule has 0 saturated carbocycles. The van der Waals surface area contributed by atoms with E-state index >= 15 is 0 Å². The standard InChI is InChI=1S/C17H27N7/c1-4-24-14-15(12-19-24)13-22-8-5-9-23(11-10-22)16-6-7-18-17(20-16)21(2)3/h6-7,12,14H,4-5,8-11,13H2,1-3H3. The van der Waals surface area contributed by atoms with E-state index in [4.69, 9.17) is 0 Å². The molecule has 1 aliphatic heterocycles. The highest BCUT2D eigenvalue weighted by atomic mass is 15.3. The highest BCUT2D eigenvalue weighted by molar-refractivity contribution is 5.43. The number of hydrogen-bond acceptors (Lipinski definition) is 6. The fraction of sp³-hybridized carbons (Fsp3) is 0.588. The van der Waals surface area contributed by atoms with Crippen LogP contribution in [0.5, 0.6) is 0 Å². The quantitative estimate of drug-likeness (QED) is 0.828. The van der Waals surface area contributed by atoms with Crippen LogP contribution in [0.1, 0.15) is 18.9 Å². The average molecular weight is 329 g/mol. The molecule has 1 fully saturated rings. The summed E-state index contributed by atoms with van der Waals surface area (Å²) in [6.45, 7) is 8.19. The Morgan fingerprint density at radius 3 is 2.79 bits per heavy atom. The Hall–Kier alpha value is -2.15. The molecule has 0 radical (unpaired) electrons. The minimum Gasteiger partial charge on any atom is -0.355 e. The lowest BCUT2D eigenvalue weighted by molar-refractivity contribution is 0.285. The second kappa shape index (κ2) is 7.61. The van der Waals surface area contributed by atoms with Gasteiger partial charge in [0.25, 0.3) is 0 Å². The molecule has 0 amide bonds. The third-order valence-corrected chi connectivity index (χ3v) is 4.36. The van der Waals surface area contributed by atoms with Crippen LogP contribution < -0.4 is 9.80 Å². The van der Waals surface area contributed by atoms with Crippen molar-refractivity contribution in [3.05, 3.63) is 30.2 Å². The number of aryl methyl sites for hydroxylation is 1. The van der Waals surface area contributed by atoms with Crippen molar-refractivity contribution in [1.29, 1.82) is 0 Å². The summed E-state index contributed by atoms with van der Waals surface area (Å²) in [5, 5.41) is 4.37. The minimum absolute atomic E-state index is 0.764. The molecule has 0 aliphatic carbocycles.